The van der Waals surface area contributed by atoms with Gasteiger partial charge in [-0.25, -0.2) is 4.79 Å². The van der Waals surface area contributed by atoms with Crippen molar-refractivity contribution in [3.05, 3.63) is 62.5 Å². The van der Waals surface area contributed by atoms with Crippen molar-refractivity contribution in [1.29, 1.82) is 0 Å². The summed E-state index contributed by atoms with van der Waals surface area (Å²) < 4.78 is 14.3. The van der Waals surface area contributed by atoms with Crippen molar-refractivity contribution in [1.82, 2.24) is 9.78 Å². The second-order valence-electron chi connectivity index (χ2n) is 8.70. The molecular weight excluding hydrogens is 500 g/mol. The van der Waals surface area contributed by atoms with Crippen LogP contribution in [0.5, 0.6) is 0 Å². The van der Waals surface area contributed by atoms with E-state index in [-0.39, 0.29) is 6.61 Å². The summed E-state index contributed by atoms with van der Waals surface area (Å²) in [6.45, 7) is 9.63. The minimum atomic E-state index is -1.09. The molecule has 0 aliphatic heterocycles. The first-order valence-corrected chi connectivity index (χ1v) is 11.9. The second kappa shape index (κ2) is 9.45. The van der Waals surface area contributed by atoms with Gasteiger partial charge >= 0.3 is 5.97 Å². The lowest BCUT2D eigenvalue weighted by molar-refractivity contribution is -0.181. The largest absolute Gasteiger partial charge is 0.458 e. The summed E-state index contributed by atoms with van der Waals surface area (Å²) in [5.74, 6) is -0.405. The summed E-state index contributed by atoms with van der Waals surface area (Å²) in [5.41, 5.74) is 0.998. The Morgan fingerprint density at radius 2 is 1.90 bits per heavy atom. The van der Waals surface area contributed by atoms with Crippen molar-refractivity contribution in [2.24, 2.45) is 0 Å². The fourth-order valence-corrected chi connectivity index (χ4v) is 4.45. The van der Waals surface area contributed by atoms with E-state index in [1.54, 1.807) is 25.2 Å². The maximum absolute atomic E-state index is 12.5. The van der Waals surface area contributed by atoms with Crippen LogP contribution < -0.4 is 0 Å². The van der Waals surface area contributed by atoms with E-state index in [1.807, 2.05) is 61.2 Å². The summed E-state index contributed by atoms with van der Waals surface area (Å²) >= 11 is 11.5. The fraction of sp³-hybridized carbons (Fsp3) is 0.391. The zero-order valence-electron chi connectivity index (χ0n) is 18.2. The maximum Gasteiger partial charge on any atom is 0.338 e. The first-order chi connectivity index (χ1) is 14.4. The van der Waals surface area contributed by atoms with E-state index in [4.69, 9.17) is 26.2 Å². The zero-order valence-corrected chi connectivity index (χ0v) is 21.4. The number of carbonyl (C=O) groups is 1. The minimum Gasteiger partial charge on any atom is -0.458 e. The molecule has 0 amide bonds. The first-order valence-electron chi connectivity index (χ1n) is 9.86. The molecule has 0 saturated carbocycles. The Labute approximate surface area is 200 Å². The van der Waals surface area contributed by atoms with Crippen LogP contribution in [0.3, 0.4) is 0 Å². The molecule has 0 aliphatic carbocycles. The van der Waals surface area contributed by atoms with Gasteiger partial charge in [-0.2, -0.15) is 5.10 Å². The number of thiophene rings is 1. The third-order valence-electron chi connectivity index (χ3n) is 4.40. The van der Waals surface area contributed by atoms with Crippen molar-refractivity contribution < 1.29 is 14.3 Å². The van der Waals surface area contributed by atoms with Crippen molar-refractivity contribution >= 4 is 44.8 Å². The van der Waals surface area contributed by atoms with Crippen molar-refractivity contribution in [2.45, 2.75) is 59.0 Å². The minimum absolute atomic E-state index is 0.182. The average Bonchev–Trinajstić information content (AvgIpc) is 3.26. The predicted molar refractivity (Wildman–Crippen MR) is 129 cm³/mol. The van der Waals surface area contributed by atoms with E-state index >= 15 is 0 Å². The first kappa shape index (κ1) is 24.0. The smallest absolute Gasteiger partial charge is 0.338 e. The van der Waals surface area contributed by atoms with Crippen LogP contribution in [-0.2, 0) is 27.4 Å². The van der Waals surface area contributed by atoms with Crippen molar-refractivity contribution in [3.63, 3.8) is 0 Å². The molecule has 0 aliphatic rings. The number of aromatic nitrogens is 2. The van der Waals surface area contributed by atoms with E-state index in [1.165, 1.54) is 0 Å². The molecule has 0 saturated heterocycles. The maximum atomic E-state index is 12.5. The third kappa shape index (κ3) is 6.42. The molecule has 1 aromatic carbocycles. The number of carbonyl (C=O) groups excluding carboxylic acids is 1. The number of halogens is 2. The molecule has 3 rings (SSSR count). The predicted octanol–water partition coefficient (Wildman–Crippen LogP) is 6.71. The highest BCUT2D eigenvalue weighted by Crippen LogP contribution is 2.32. The molecule has 0 radical (unpaired) electrons. The summed E-state index contributed by atoms with van der Waals surface area (Å²) in [5, 5.41) is 7.47. The number of nitrogens with zero attached hydrogens (tertiary/aromatic N) is 2. The SMILES string of the molecule is CC(C)(C)OC(=O)C(C)(C)OCc1cc(-c2cc(Br)cs2)n(Cc2ccccc2Cl)n1. The van der Waals surface area contributed by atoms with E-state index in [0.29, 0.717) is 11.6 Å². The van der Waals surface area contributed by atoms with Gasteiger partial charge in [-0.05, 0) is 74.3 Å². The van der Waals surface area contributed by atoms with Gasteiger partial charge in [0.1, 0.15) is 5.60 Å². The third-order valence-corrected chi connectivity index (χ3v) is 6.48. The Morgan fingerprint density at radius 3 is 2.52 bits per heavy atom. The number of hydrogen-bond donors (Lipinski definition) is 0. The van der Waals surface area contributed by atoms with Gasteiger partial charge in [0, 0.05) is 14.9 Å². The number of hydrogen-bond acceptors (Lipinski definition) is 5. The molecule has 2 heterocycles. The summed E-state index contributed by atoms with van der Waals surface area (Å²) in [6.07, 6.45) is 0. The molecule has 166 valence electrons. The highest BCUT2D eigenvalue weighted by Gasteiger charge is 2.34. The van der Waals surface area contributed by atoms with Crippen LogP contribution in [0.2, 0.25) is 5.02 Å². The summed E-state index contributed by atoms with van der Waals surface area (Å²) in [4.78, 5) is 13.6. The van der Waals surface area contributed by atoms with Gasteiger partial charge in [-0.1, -0.05) is 29.8 Å². The Balaban J connectivity index is 1.84. The van der Waals surface area contributed by atoms with Crippen molar-refractivity contribution in [3.8, 4) is 10.6 Å². The topological polar surface area (TPSA) is 53.4 Å². The Bertz CT molecular complexity index is 1070. The summed E-state index contributed by atoms with van der Waals surface area (Å²) in [7, 11) is 0. The van der Waals surface area contributed by atoms with Crippen LogP contribution in [0.15, 0.2) is 46.3 Å². The molecule has 31 heavy (non-hydrogen) atoms. The van der Waals surface area contributed by atoms with E-state index in [2.05, 4.69) is 22.0 Å². The zero-order chi connectivity index (χ0) is 22.8. The van der Waals surface area contributed by atoms with Gasteiger partial charge in [0.25, 0.3) is 0 Å². The number of ether oxygens (including phenoxy) is 2. The average molecular weight is 526 g/mol. The normalized spacial score (nSPS) is 12.2. The van der Waals surface area contributed by atoms with Crippen LogP contribution in [0.25, 0.3) is 10.6 Å². The van der Waals surface area contributed by atoms with Gasteiger partial charge in [0.2, 0.25) is 0 Å². The lowest BCUT2D eigenvalue weighted by atomic mass is 10.1. The quantitative estimate of drug-likeness (QED) is 0.322. The molecule has 3 aromatic rings. The second-order valence-corrected chi connectivity index (χ2v) is 10.9. The molecule has 0 bridgehead atoms. The molecule has 0 unspecified atom stereocenters. The number of benzene rings is 1. The molecule has 0 atom stereocenters. The Hall–Kier alpha value is -1.67. The Kier molecular flexibility index (Phi) is 7.31. The van der Waals surface area contributed by atoms with E-state index in [9.17, 15) is 4.79 Å². The lowest BCUT2D eigenvalue weighted by Crippen LogP contribution is -2.40. The number of esters is 1. The van der Waals surface area contributed by atoms with Gasteiger partial charge in [-0.15, -0.1) is 11.3 Å². The van der Waals surface area contributed by atoms with E-state index in [0.717, 1.165) is 26.3 Å². The number of rotatable bonds is 7. The standard InChI is InChI=1S/C23H26BrClN2O3S/c1-22(2,3)30-21(28)23(4,5)29-13-17-11-19(20-10-16(24)14-31-20)27(26-17)12-15-8-6-7-9-18(15)25/h6-11,14H,12-13H2,1-5H3. The van der Waals surface area contributed by atoms with Gasteiger partial charge in [0.05, 0.1) is 29.4 Å². The molecule has 0 N–H and O–H groups in total. The van der Waals surface area contributed by atoms with Crippen LogP contribution in [0.1, 0.15) is 45.9 Å². The van der Waals surface area contributed by atoms with Gasteiger partial charge < -0.3 is 9.47 Å². The highest BCUT2D eigenvalue weighted by molar-refractivity contribution is 9.10. The monoisotopic (exact) mass is 524 g/mol. The molecule has 5 nitrogen and oxygen atoms in total. The van der Waals surface area contributed by atoms with Gasteiger partial charge in [0.15, 0.2) is 5.60 Å². The lowest BCUT2D eigenvalue weighted by Gasteiger charge is -2.28. The molecule has 0 fully saturated rings. The van der Waals surface area contributed by atoms with Crippen molar-refractivity contribution in [2.75, 3.05) is 0 Å². The summed E-state index contributed by atoms with van der Waals surface area (Å²) in [6, 6.07) is 11.8. The van der Waals surface area contributed by atoms with Gasteiger partial charge in [-0.3, -0.25) is 4.68 Å². The van der Waals surface area contributed by atoms with Crippen LogP contribution in [0.4, 0.5) is 0 Å². The van der Waals surface area contributed by atoms with Crippen LogP contribution in [-0.4, -0.2) is 27.0 Å². The van der Waals surface area contributed by atoms with Crippen LogP contribution >= 0.6 is 38.9 Å². The highest BCUT2D eigenvalue weighted by atomic mass is 79.9. The fourth-order valence-electron chi connectivity index (χ4n) is 2.81. The Morgan fingerprint density at radius 1 is 1.19 bits per heavy atom. The van der Waals surface area contributed by atoms with Crippen LogP contribution in [0, 0.1) is 0 Å². The molecule has 2 aromatic heterocycles. The molecule has 0 spiro atoms. The van der Waals surface area contributed by atoms with E-state index < -0.39 is 17.2 Å². The molecular formula is C23H26BrClN2O3S. The molecule has 8 heteroatoms.